The van der Waals surface area contributed by atoms with Crippen LogP contribution >= 0.6 is 23.3 Å². The number of benzene rings is 1. The second kappa shape index (κ2) is 6.71. The van der Waals surface area contributed by atoms with Gasteiger partial charge in [0.25, 0.3) is 0 Å². The summed E-state index contributed by atoms with van der Waals surface area (Å²) in [5.41, 5.74) is 1.10. The van der Waals surface area contributed by atoms with Crippen LogP contribution in [0.1, 0.15) is 28.7 Å². The fourth-order valence-corrected chi connectivity index (χ4v) is 3.28. The van der Waals surface area contributed by atoms with Crippen LogP contribution in [0, 0.1) is 0 Å². The molecule has 0 unspecified atom stereocenters. The zero-order valence-corrected chi connectivity index (χ0v) is 12.8. The molecule has 5 nitrogen and oxygen atoms in total. The highest BCUT2D eigenvalue weighted by Gasteiger charge is 2.11. The van der Waals surface area contributed by atoms with Gasteiger partial charge in [-0.25, -0.2) is 9.78 Å². The van der Waals surface area contributed by atoms with Gasteiger partial charge in [-0.1, -0.05) is 18.7 Å². The van der Waals surface area contributed by atoms with Gasteiger partial charge < -0.3 is 9.84 Å². The predicted molar refractivity (Wildman–Crippen MR) is 78.8 cm³/mol. The highest BCUT2D eigenvalue weighted by Crippen LogP contribution is 2.29. The summed E-state index contributed by atoms with van der Waals surface area (Å²) < 4.78 is 10.4. The molecular weight excluding hydrogens is 296 g/mol. The Morgan fingerprint density at radius 2 is 2.30 bits per heavy atom. The smallest absolute Gasteiger partial charge is 0.335 e. The van der Waals surface area contributed by atoms with Crippen LogP contribution in [0.3, 0.4) is 0 Å². The Labute approximate surface area is 125 Å². The van der Waals surface area contributed by atoms with Gasteiger partial charge in [0.2, 0.25) is 0 Å². The molecule has 0 amide bonds. The van der Waals surface area contributed by atoms with E-state index in [0.29, 0.717) is 11.5 Å². The van der Waals surface area contributed by atoms with E-state index in [1.54, 1.807) is 19.2 Å². The summed E-state index contributed by atoms with van der Waals surface area (Å²) in [7, 11) is 1.57. The molecule has 1 N–H and O–H groups in total. The zero-order chi connectivity index (χ0) is 14.5. The van der Waals surface area contributed by atoms with Crippen LogP contribution in [0.25, 0.3) is 0 Å². The van der Waals surface area contributed by atoms with E-state index in [1.165, 1.54) is 29.4 Å². The highest BCUT2D eigenvalue weighted by atomic mass is 32.2. The number of rotatable bonds is 6. The van der Waals surface area contributed by atoms with E-state index in [0.717, 1.165) is 22.1 Å². The van der Waals surface area contributed by atoms with E-state index in [1.807, 2.05) is 6.92 Å². The van der Waals surface area contributed by atoms with Gasteiger partial charge >= 0.3 is 5.97 Å². The Kier molecular flexibility index (Phi) is 4.97. The molecule has 0 bridgehead atoms. The summed E-state index contributed by atoms with van der Waals surface area (Å²) >= 11 is 2.89. The molecule has 0 aliphatic rings. The topological polar surface area (TPSA) is 72.3 Å². The van der Waals surface area contributed by atoms with Crippen molar-refractivity contribution in [1.29, 1.82) is 0 Å². The number of hydrogen-bond donors (Lipinski definition) is 1. The monoisotopic (exact) mass is 310 g/mol. The lowest BCUT2D eigenvalue weighted by Gasteiger charge is -2.08. The molecule has 20 heavy (non-hydrogen) atoms. The molecule has 106 valence electrons. The van der Waals surface area contributed by atoms with Gasteiger partial charge in [0.15, 0.2) is 4.34 Å². The first-order valence-corrected chi connectivity index (χ1v) is 7.75. The number of aryl methyl sites for hydroxylation is 1. The van der Waals surface area contributed by atoms with E-state index in [2.05, 4.69) is 9.36 Å². The van der Waals surface area contributed by atoms with E-state index in [-0.39, 0.29) is 5.56 Å². The van der Waals surface area contributed by atoms with Gasteiger partial charge in [-0.15, -0.1) is 0 Å². The first kappa shape index (κ1) is 14.8. The zero-order valence-electron chi connectivity index (χ0n) is 11.1. The fraction of sp³-hybridized carbons (Fsp3) is 0.308. The number of hydrogen-bond acceptors (Lipinski definition) is 6. The summed E-state index contributed by atoms with van der Waals surface area (Å²) in [5.74, 6) is 1.18. The van der Waals surface area contributed by atoms with Crippen molar-refractivity contribution < 1.29 is 14.6 Å². The summed E-state index contributed by atoms with van der Waals surface area (Å²) in [6.07, 6.45) is 0.814. The number of aromatic carboxylic acids is 1. The lowest BCUT2D eigenvalue weighted by molar-refractivity contribution is 0.0696. The van der Waals surface area contributed by atoms with Gasteiger partial charge in [0, 0.05) is 17.7 Å². The number of nitrogens with zero attached hydrogens (tertiary/aromatic N) is 2. The number of thioether (sulfide) groups is 1. The molecule has 2 aromatic rings. The van der Waals surface area contributed by atoms with Crippen molar-refractivity contribution in [3.8, 4) is 5.75 Å². The van der Waals surface area contributed by atoms with Crippen molar-refractivity contribution in [3.05, 3.63) is 35.2 Å². The maximum Gasteiger partial charge on any atom is 0.335 e. The molecule has 1 heterocycles. The Morgan fingerprint density at radius 3 is 2.90 bits per heavy atom. The molecule has 0 spiro atoms. The van der Waals surface area contributed by atoms with Crippen molar-refractivity contribution in [2.75, 3.05) is 7.11 Å². The van der Waals surface area contributed by atoms with Crippen LogP contribution in [0.5, 0.6) is 5.75 Å². The highest BCUT2D eigenvalue weighted by molar-refractivity contribution is 8.00. The van der Waals surface area contributed by atoms with E-state index in [4.69, 9.17) is 9.84 Å². The van der Waals surface area contributed by atoms with E-state index < -0.39 is 5.97 Å². The average molecular weight is 310 g/mol. The molecule has 1 aromatic heterocycles. The number of methoxy groups -OCH3 is 1. The standard InChI is InChI=1S/C13H14N2O3S2/c1-3-11-14-13(20-15-11)19-7-9-6-8(12(16)17)4-5-10(9)18-2/h4-6H,3,7H2,1-2H3,(H,16,17). The third-order valence-corrected chi connectivity index (χ3v) is 4.56. The quantitative estimate of drug-likeness (QED) is 0.827. The van der Waals surface area contributed by atoms with Crippen molar-refractivity contribution >= 4 is 29.3 Å². The van der Waals surface area contributed by atoms with Crippen LogP contribution in [0.2, 0.25) is 0 Å². The molecule has 7 heteroatoms. The molecule has 0 radical (unpaired) electrons. The lowest BCUT2D eigenvalue weighted by atomic mass is 10.1. The molecule has 2 rings (SSSR count). The molecule has 0 atom stereocenters. The third kappa shape index (κ3) is 3.49. The lowest BCUT2D eigenvalue weighted by Crippen LogP contribution is -1.99. The minimum absolute atomic E-state index is 0.257. The Morgan fingerprint density at radius 1 is 1.50 bits per heavy atom. The molecule has 0 saturated carbocycles. The summed E-state index contributed by atoms with van der Waals surface area (Å²) in [6.45, 7) is 2.01. The Hall–Kier alpha value is -1.60. The molecule has 0 aliphatic heterocycles. The average Bonchev–Trinajstić information content (AvgIpc) is 2.92. The fourth-order valence-electron chi connectivity index (χ4n) is 1.60. The number of carbonyl (C=O) groups is 1. The SMILES string of the molecule is CCc1nsc(SCc2cc(C(=O)O)ccc2OC)n1. The Balaban J connectivity index is 2.14. The molecule has 0 saturated heterocycles. The summed E-state index contributed by atoms with van der Waals surface area (Å²) in [6, 6.07) is 4.85. The molecule has 0 aliphatic carbocycles. The maximum atomic E-state index is 11.0. The van der Waals surface area contributed by atoms with Crippen LogP contribution in [-0.4, -0.2) is 27.5 Å². The first-order valence-electron chi connectivity index (χ1n) is 5.99. The van der Waals surface area contributed by atoms with Gasteiger partial charge in [-0.2, -0.15) is 4.37 Å². The molecular formula is C13H14N2O3S2. The normalized spacial score (nSPS) is 10.5. The number of ether oxygens (including phenoxy) is 1. The number of carboxylic acids is 1. The van der Waals surface area contributed by atoms with E-state index >= 15 is 0 Å². The largest absolute Gasteiger partial charge is 0.496 e. The van der Waals surface area contributed by atoms with Crippen molar-refractivity contribution in [1.82, 2.24) is 9.36 Å². The van der Waals surface area contributed by atoms with Crippen LogP contribution in [0.15, 0.2) is 22.5 Å². The number of aromatic nitrogens is 2. The second-order valence-electron chi connectivity index (χ2n) is 3.95. The van der Waals surface area contributed by atoms with Gasteiger partial charge in [-0.3, -0.25) is 0 Å². The van der Waals surface area contributed by atoms with E-state index in [9.17, 15) is 4.79 Å². The second-order valence-corrected chi connectivity index (χ2v) is 5.92. The van der Waals surface area contributed by atoms with Crippen molar-refractivity contribution in [2.45, 2.75) is 23.4 Å². The first-order chi connectivity index (χ1) is 9.63. The van der Waals surface area contributed by atoms with Crippen molar-refractivity contribution in [3.63, 3.8) is 0 Å². The summed E-state index contributed by atoms with van der Waals surface area (Å²) in [4.78, 5) is 15.4. The molecule has 0 fully saturated rings. The Bertz CT molecular complexity index is 613. The molecule has 1 aromatic carbocycles. The minimum atomic E-state index is -0.942. The van der Waals surface area contributed by atoms with Gasteiger partial charge in [0.05, 0.1) is 12.7 Å². The van der Waals surface area contributed by atoms with Gasteiger partial charge in [-0.05, 0) is 29.7 Å². The summed E-state index contributed by atoms with van der Waals surface area (Å²) in [5, 5.41) is 9.03. The van der Waals surface area contributed by atoms with Crippen molar-refractivity contribution in [2.24, 2.45) is 0 Å². The van der Waals surface area contributed by atoms with Crippen LogP contribution < -0.4 is 4.74 Å². The minimum Gasteiger partial charge on any atom is -0.496 e. The maximum absolute atomic E-state index is 11.0. The predicted octanol–water partition coefficient (Wildman–Crippen LogP) is 3.10. The van der Waals surface area contributed by atoms with Gasteiger partial charge in [0.1, 0.15) is 11.6 Å². The van der Waals surface area contributed by atoms with Crippen LogP contribution in [-0.2, 0) is 12.2 Å². The third-order valence-electron chi connectivity index (χ3n) is 2.64. The number of carboxylic acid groups (broad SMARTS) is 1. The van der Waals surface area contributed by atoms with Crippen LogP contribution in [0.4, 0.5) is 0 Å².